The van der Waals surface area contributed by atoms with Gasteiger partial charge in [-0.25, -0.2) is 14.6 Å². The van der Waals surface area contributed by atoms with Gasteiger partial charge < -0.3 is 10.4 Å². The number of nitrogens with zero attached hydrogens (tertiary/aromatic N) is 4. The molecule has 0 saturated heterocycles. The van der Waals surface area contributed by atoms with Gasteiger partial charge in [-0.15, -0.1) is 0 Å². The van der Waals surface area contributed by atoms with Crippen molar-refractivity contribution in [3.8, 4) is 11.6 Å². The summed E-state index contributed by atoms with van der Waals surface area (Å²) in [5.74, 6) is 0.931. The van der Waals surface area contributed by atoms with Gasteiger partial charge in [0, 0.05) is 11.8 Å². The molecule has 0 aliphatic carbocycles. The van der Waals surface area contributed by atoms with E-state index in [1.54, 1.807) is 29.3 Å². The van der Waals surface area contributed by atoms with E-state index in [4.69, 9.17) is 0 Å². The Hall–Kier alpha value is -2.89. The first-order valence-corrected chi connectivity index (χ1v) is 6.60. The minimum absolute atomic E-state index is 0.0716. The Labute approximate surface area is 122 Å². The largest absolute Gasteiger partial charge is 0.508 e. The van der Waals surface area contributed by atoms with Crippen LogP contribution >= 0.6 is 0 Å². The first-order valence-electron chi connectivity index (χ1n) is 6.60. The summed E-state index contributed by atoms with van der Waals surface area (Å²) < 4.78 is 1.60. The Balaban J connectivity index is 1.91. The normalized spacial score (nSPS) is 12.0. The molecule has 2 N–H and O–H groups in total. The molecule has 2 heterocycles. The first-order chi connectivity index (χ1) is 10.3. The van der Waals surface area contributed by atoms with E-state index >= 15 is 0 Å². The predicted molar refractivity (Wildman–Crippen MR) is 79.3 cm³/mol. The Kier molecular flexibility index (Phi) is 3.51. The quantitative estimate of drug-likeness (QED) is 0.768. The summed E-state index contributed by atoms with van der Waals surface area (Å²) >= 11 is 0. The molecule has 106 valence electrons. The van der Waals surface area contributed by atoms with Crippen LogP contribution in [0.1, 0.15) is 18.5 Å². The summed E-state index contributed by atoms with van der Waals surface area (Å²) in [6.07, 6.45) is 4.76. The smallest absolute Gasteiger partial charge is 0.178 e. The van der Waals surface area contributed by atoms with E-state index in [1.807, 2.05) is 31.2 Å². The number of anilines is 1. The molecule has 0 amide bonds. The molecule has 0 radical (unpaired) electrons. The van der Waals surface area contributed by atoms with Crippen LogP contribution in [0.15, 0.2) is 55.2 Å². The number of aromatic hydroxyl groups is 1. The second-order valence-electron chi connectivity index (χ2n) is 4.64. The van der Waals surface area contributed by atoms with Gasteiger partial charge in [0.05, 0.1) is 11.7 Å². The molecule has 3 aromatic rings. The van der Waals surface area contributed by atoms with Crippen molar-refractivity contribution in [1.82, 2.24) is 19.7 Å². The highest BCUT2D eigenvalue weighted by Gasteiger charge is 2.13. The fourth-order valence-electron chi connectivity index (χ4n) is 2.17. The van der Waals surface area contributed by atoms with Gasteiger partial charge in [0.25, 0.3) is 0 Å². The van der Waals surface area contributed by atoms with Gasteiger partial charge in [-0.2, -0.15) is 5.10 Å². The SMILES string of the molecule is CC(Nc1cccnc1-n1cncn1)c1ccccc1O. The molecule has 3 rings (SSSR count). The topological polar surface area (TPSA) is 75.9 Å². The molecule has 2 aromatic heterocycles. The number of phenolic OH excluding ortho intramolecular Hbond substituents is 1. The van der Waals surface area contributed by atoms with Gasteiger partial charge in [0.1, 0.15) is 18.4 Å². The summed E-state index contributed by atoms with van der Waals surface area (Å²) in [4.78, 5) is 8.26. The van der Waals surface area contributed by atoms with E-state index in [2.05, 4.69) is 20.4 Å². The number of nitrogens with one attached hydrogen (secondary N) is 1. The summed E-state index contributed by atoms with van der Waals surface area (Å²) in [7, 11) is 0. The van der Waals surface area contributed by atoms with Crippen molar-refractivity contribution in [2.75, 3.05) is 5.32 Å². The zero-order valence-corrected chi connectivity index (χ0v) is 11.5. The fourth-order valence-corrected chi connectivity index (χ4v) is 2.17. The lowest BCUT2D eigenvalue weighted by Crippen LogP contribution is -2.10. The molecule has 0 bridgehead atoms. The number of aromatic nitrogens is 4. The molecular formula is C15H15N5O. The number of hydrogen-bond donors (Lipinski definition) is 2. The van der Waals surface area contributed by atoms with E-state index in [-0.39, 0.29) is 11.8 Å². The molecule has 0 aliphatic rings. The van der Waals surface area contributed by atoms with Gasteiger partial charge >= 0.3 is 0 Å². The van der Waals surface area contributed by atoms with Crippen LogP contribution in [0.4, 0.5) is 5.69 Å². The zero-order valence-electron chi connectivity index (χ0n) is 11.5. The van der Waals surface area contributed by atoms with Crippen molar-refractivity contribution in [1.29, 1.82) is 0 Å². The number of pyridine rings is 1. The zero-order chi connectivity index (χ0) is 14.7. The highest BCUT2D eigenvalue weighted by Crippen LogP contribution is 2.28. The fraction of sp³-hybridized carbons (Fsp3) is 0.133. The van der Waals surface area contributed by atoms with E-state index in [0.717, 1.165) is 11.3 Å². The maximum atomic E-state index is 9.93. The van der Waals surface area contributed by atoms with Crippen LogP contribution in [0.25, 0.3) is 5.82 Å². The van der Waals surface area contributed by atoms with Gasteiger partial charge in [-0.3, -0.25) is 0 Å². The molecule has 21 heavy (non-hydrogen) atoms. The molecule has 1 aromatic carbocycles. The second-order valence-corrected chi connectivity index (χ2v) is 4.64. The molecule has 6 nitrogen and oxygen atoms in total. The lowest BCUT2D eigenvalue weighted by Gasteiger charge is -2.18. The molecule has 0 aliphatic heterocycles. The summed E-state index contributed by atoms with van der Waals surface area (Å²) in [5, 5.41) is 17.4. The Bertz CT molecular complexity index is 726. The first kappa shape index (κ1) is 13.1. The molecule has 1 unspecified atom stereocenters. The maximum absolute atomic E-state index is 9.93. The minimum atomic E-state index is -0.0716. The lowest BCUT2D eigenvalue weighted by atomic mass is 10.1. The van der Waals surface area contributed by atoms with Crippen LogP contribution in [-0.2, 0) is 0 Å². The maximum Gasteiger partial charge on any atom is 0.178 e. The van der Waals surface area contributed by atoms with Crippen molar-refractivity contribution in [3.63, 3.8) is 0 Å². The standard InChI is InChI=1S/C15H15N5O/c1-11(12-5-2-3-7-14(12)21)19-13-6-4-8-17-15(13)20-10-16-9-18-20/h2-11,19,21H,1H3. The third kappa shape index (κ3) is 2.69. The van der Waals surface area contributed by atoms with E-state index in [0.29, 0.717) is 5.82 Å². The van der Waals surface area contributed by atoms with Crippen LogP contribution in [0.5, 0.6) is 5.75 Å². The monoisotopic (exact) mass is 281 g/mol. The molecule has 6 heteroatoms. The minimum Gasteiger partial charge on any atom is -0.508 e. The molecule has 0 spiro atoms. The third-order valence-electron chi connectivity index (χ3n) is 3.20. The Morgan fingerprint density at radius 2 is 2.05 bits per heavy atom. The van der Waals surface area contributed by atoms with Crippen LogP contribution < -0.4 is 5.32 Å². The van der Waals surface area contributed by atoms with Gasteiger partial charge in [-0.05, 0) is 25.1 Å². The van der Waals surface area contributed by atoms with Gasteiger partial charge in [0.2, 0.25) is 0 Å². The van der Waals surface area contributed by atoms with Crippen molar-refractivity contribution in [2.24, 2.45) is 0 Å². The van der Waals surface area contributed by atoms with Crippen LogP contribution in [0.2, 0.25) is 0 Å². The third-order valence-corrected chi connectivity index (χ3v) is 3.20. The summed E-state index contributed by atoms with van der Waals surface area (Å²) in [6.45, 7) is 1.98. The highest BCUT2D eigenvalue weighted by atomic mass is 16.3. The number of hydrogen-bond acceptors (Lipinski definition) is 5. The van der Waals surface area contributed by atoms with E-state index < -0.39 is 0 Å². The van der Waals surface area contributed by atoms with Crippen molar-refractivity contribution in [3.05, 3.63) is 60.8 Å². The Morgan fingerprint density at radius 1 is 1.19 bits per heavy atom. The van der Waals surface area contributed by atoms with Crippen LogP contribution in [0, 0.1) is 0 Å². The average molecular weight is 281 g/mol. The predicted octanol–water partition coefficient (Wildman–Crippen LogP) is 2.54. The van der Waals surface area contributed by atoms with Crippen LogP contribution in [-0.4, -0.2) is 24.9 Å². The Morgan fingerprint density at radius 3 is 2.81 bits per heavy atom. The number of para-hydroxylation sites is 1. The molecule has 0 saturated carbocycles. The lowest BCUT2D eigenvalue weighted by molar-refractivity contribution is 0.465. The van der Waals surface area contributed by atoms with Gasteiger partial charge in [-0.1, -0.05) is 18.2 Å². The molecule has 1 atom stereocenters. The van der Waals surface area contributed by atoms with Crippen LogP contribution in [0.3, 0.4) is 0 Å². The van der Waals surface area contributed by atoms with Crippen molar-refractivity contribution < 1.29 is 5.11 Å². The molecular weight excluding hydrogens is 266 g/mol. The van der Waals surface area contributed by atoms with E-state index in [1.165, 1.54) is 6.33 Å². The second kappa shape index (κ2) is 5.62. The summed E-state index contributed by atoms with van der Waals surface area (Å²) in [6, 6.07) is 11.0. The van der Waals surface area contributed by atoms with E-state index in [9.17, 15) is 5.11 Å². The highest BCUT2D eigenvalue weighted by molar-refractivity contribution is 5.57. The van der Waals surface area contributed by atoms with Crippen molar-refractivity contribution >= 4 is 5.69 Å². The summed E-state index contributed by atoms with van der Waals surface area (Å²) in [5.41, 5.74) is 1.64. The number of benzene rings is 1. The van der Waals surface area contributed by atoms with Gasteiger partial charge in [0.15, 0.2) is 5.82 Å². The molecule has 0 fully saturated rings. The number of rotatable bonds is 4. The number of phenols is 1. The van der Waals surface area contributed by atoms with Crippen molar-refractivity contribution in [2.45, 2.75) is 13.0 Å². The average Bonchev–Trinajstić information content (AvgIpc) is 3.02.